The van der Waals surface area contributed by atoms with Crippen LogP contribution in [0.25, 0.3) is 0 Å². The lowest BCUT2D eigenvalue weighted by molar-refractivity contribution is 0.0687. The zero-order chi connectivity index (χ0) is 37.8. The summed E-state index contributed by atoms with van der Waals surface area (Å²) in [6.45, 7) is 26.2. The second kappa shape index (κ2) is 28.8. The molecule has 0 spiro atoms. The molecule has 5 N–H and O–H groups in total. The SMILES string of the molecule is CC.CC.CC.CC(C)NCc1ccccc1.CC(C)c1cc(C(=O)N(Cc2ccccc2)C(C)C)c(O)cc1O.NCc1ccccc1. The van der Waals surface area contributed by atoms with Crippen molar-refractivity contribution in [2.24, 2.45) is 5.73 Å². The molecule has 4 aromatic carbocycles. The molecule has 1 amide bonds. The number of hydrogen-bond acceptors (Lipinski definition) is 5. The third-order valence-electron chi connectivity index (χ3n) is 6.71. The van der Waals surface area contributed by atoms with Gasteiger partial charge in [-0.1, -0.05) is 160 Å². The van der Waals surface area contributed by atoms with Crippen LogP contribution in [0, 0.1) is 0 Å². The Kier molecular flexibility index (Phi) is 27.7. The van der Waals surface area contributed by atoms with Gasteiger partial charge in [-0.2, -0.15) is 0 Å². The maximum atomic E-state index is 13.0. The molecule has 0 radical (unpaired) electrons. The van der Waals surface area contributed by atoms with Crippen molar-refractivity contribution in [3.63, 3.8) is 0 Å². The predicted molar refractivity (Wildman–Crippen MR) is 212 cm³/mol. The van der Waals surface area contributed by atoms with Gasteiger partial charge in [-0.3, -0.25) is 4.79 Å². The van der Waals surface area contributed by atoms with Crippen LogP contribution in [-0.2, 0) is 19.6 Å². The number of carbonyl (C=O) groups is 1. The Hall–Kier alpha value is -4.13. The fourth-order valence-corrected chi connectivity index (χ4v) is 4.18. The first kappa shape index (κ1) is 47.0. The summed E-state index contributed by atoms with van der Waals surface area (Å²) in [5, 5.41) is 23.5. The largest absolute Gasteiger partial charge is 0.508 e. The second-order valence-corrected chi connectivity index (χ2v) is 11.3. The van der Waals surface area contributed by atoms with Gasteiger partial charge >= 0.3 is 0 Å². The Balaban J connectivity index is 0. The molecule has 0 aliphatic carbocycles. The van der Waals surface area contributed by atoms with Gasteiger partial charge in [-0.25, -0.2) is 0 Å². The maximum Gasteiger partial charge on any atom is 0.258 e. The normalized spacial score (nSPS) is 9.63. The summed E-state index contributed by atoms with van der Waals surface area (Å²) in [6.07, 6.45) is 0. The van der Waals surface area contributed by atoms with Gasteiger partial charge in [-0.05, 0) is 48.1 Å². The molecule has 0 fully saturated rings. The topological polar surface area (TPSA) is 98.8 Å². The molecule has 4 aromatic rings. The number of nitrogens with two attached hydrogens (primary N) is 1. The molecule has 0 bridgehead atoms. The second-order valence-electron chi connectivity index (χ2n) is 11.3. The van der Waals surface area contributed by atoms with Gasteiger partial charge in [0.15, 0.2) is 0 Å². The third kappa shape index (κ3) is 19.5. The van der Waals surface area contributed by atoms with Gasteiger partial charge in [0.05, 0.1) is 5.56 Å². The zero-order valence-electron chi connectivity index (χ0n) is 32.5. The van der Waals surface area contributed by atoms with E-state index in [1.54, 1.807) is 11.0 Å². The molecule has 4 rings (SSSR count). The molecule has 0 saturated heterocycles. The van der Waals surface area contributed by atoms with Crippen LogP contribution in [0.4, 0.5) is 0 Å². The predicted octanol–water partition coefficient (Wildman–Crippen LogP) is 10.7. The summed E-state index contributed by atoms with van der Waals surface area (Å²) in [5.41, 5.74) is 9.79. The Bertz CT molecular complexity index is 1340. The number of rotatable bonds is 9. The molecule has 0 saturated carbocycles. The standard InChI is InChI=1S/C20H25NO3.C10H15N.C7H9N.3C2H6/c1-13(2)16-10-17(19(23)11-18(16)22)20(24)21(14(3)4)12-15-8-6-5-7-9-15;1-9(2)11-8-10-6-4-3-5-7-10;8-6-7-4-2-1-3-5-7;3*1-2/h5-11,13-14,22-23H,12H2,1-4H3;3-7,9,11H,8H2,1-2H3;1-5H,6,8H2;3*1-2H3. The highest BCUT2D eigenvalue weighted by Gasteiger charge is 2.24. The Morgan fingerprint density at radius 2 is 1.08 bits per heavy atom. The van der Waals surface area contributed by atoms with Gasteiger partial charge in [0.2, 0.25) is 0 Å². The van der Waals surface area contributed by atoms with Crippen LogP contribution in [0.5, 0.6) is 11.5 Å². The molecular formula is C43H67N3O3. The van der Waals surface area contributed by atoms with Crippen LogP contribution in [0.15, 0.2) is 103 Å². The van der Waals surface area contributed by atoms with Crippen LogP contribution >= 0.6 is 0 Å². The quantitative estimate of drug-likeness (QED) is 0.142. The van der Waals surface area contributed by atoms with Gasteiger partial charge in [-0.15, -0.1) is 0 Å². The van der Waals surface area contributed by atoms with E-state index >= 15 is 0 Å². The Morgan fingerprint density at radius 1 is 0.653 bits per heavy atom. The van der Waals surface area contributed by atoms with E-state index in [0.29, 0.717) is 24.7 Å². The number of aromatic hydroxyl groups is 2. The van der Waals surface area contributed by atoms with Crippen LogP contribution < -0.4 is 11.1 Å². The summed E-state index contributed by atoms with van der Waals surface area (Å²) in [7, 11) is 0. The molecule has 0 unspecified atom stereocenters. The number of phenols is 2. The number of phenolic OH excluding ortho intramolecular Hbond substituents is 2. The Labute approximate surface area is 299 Å². The molecule has 6 heteroatoms. The molecular weight excluding hydrogens is 606 g/mol. The first-order valence-corrected chi connectivity index (χ1v) is 18.0. The summed E-state index contributed by atoms with van der Waals surface area (Å²) < 4.78 is 0. The molecule has 0 aliphatic rings. The Morgan fingerprint density at radius 3 is 1.45 bits per heavy atom. The van der Waals surface area contributed by atoms with Crippen molar-refractivity contribution in [2.75, 3.05) is 0 Å². The minimum Gasteiger partial charge on any atom is -0.508 e. The minimum absolute atomic E-state index is 0.0122. The van der Waals surface area contributed by atoms with Crippen LogP contribution in [0.1, 0.15) is 122 Å². The smallest absolute Gasteiger partial charge is 0.258 e. The van der Waals surface area contributed by atoms with Crippen molar-refractivity contribution in [1.29, 1.82) is 0 Å². The summed E-state index contributed by atoms with van der Waals surface area (Å²) in [5.74, 6) is -0.370. The van der Waals surface area contributed by atoms with Gasteiger partial charge in [0.25, 0.3) is 5.91 Å². The van der Waals surface area contributed by atoms with Gasteiger partial charge in [0, 0.05) is 37.8 Å². The van der Waals surface area contributed by atoms with Crippen molar-refractivity contribution in [3.8, 4) is 11.5 Å². The van der Waals surface area contributed by atoms with Gasteiger partial charge < -0.3 is 26.2 Å². The lowest BCUT2D eigenvalue weighted by atomic mass is 9.98. The van der Waals surface area contributed by atoms with E-state index in [0.717, 1.165) is 12.1 Å². The van der Waals surface area contributed by atoms with E-state index in [1.807, 2.05) is 136 Å². The van der Waals surface area contributed by atoms with E-state index in [4.69, 9.17) is 5.73 Å². The first-order chi connectivity index (χ1) is 23.5. The molecule has 6 nitrogen and oxygen atoms in total. The molecule has 49 heavy (non-hydrogen) atoms. The van der Waals surface area contributed by atoms with Crippen molar-refractivity contribution in [2.45, 2.75) is 121 Å². The molecule has 0 atom stereocenters. The van der Waals surface area contributed by atoms with Crippen molar-refractivity contribution in [1.82, 2.24) is 10.2 Å². The first-order valence-electron chi connectivity index (χ1n) is 18.0. The van der Waals surface area contributed by atoms with E-state index in [1.165, 1.54) is 17.2 Å². The maximum absolute atomic E-state index is 13.0. The molecule has 0 aliphatic heterocycles. The molecule has 0 aromatic heterocycles. The van der Waals surface area contributed by atoms with E-state index in [9.17, 15) is 15.0 Å². The average Bonchev–Trinajstić information content (AvgIpc) is 3.13. The van der Waals surface area contributed by atoms with Crippen molar-refractivity contribution >= 4 is 5.91 Å². The van der Waals surface area contributed by atoms with Crippen molar-refractivity contribution < 1.29 is 15.0 Å². The monoisotopic (exact) mass is 674 g/mol. The number of nitrogens with zero attached hydrogens (tertiary/aromatic N) is 1. The highest BCUT2D eigenvalue weighted by molar-refractivity contribution is 5.97. The average molecular weight is 674 g/mol. The van der Waals surface area contributed by atoms with Crippen LogP contribution in [0.3, 0.4) is 0 Å². The summed E-state index contributed by atoms with van der Waals surface area (Å²) in [4.78, 5) is 14.7. The molecule has 272 valence electrons. The summed E-state index contributed by atoms with van der Waals surface area (Å²) in [6, 6.07) is 33.6. The fraction of sp³-hybridized carbons (Fsp3) is 0.419. The summed E-state index contributed by atoms with van der Waals surface area (Å²) >= 11 is 0. The third-order valence-corrected chi connectivity index (χ3v) is 6.71. The lowest BCUT2D eigenvalue weighted by Gasteiger charge is -2.27. The van der Waals surface area contributed by atoms with E-state index < -0.39 is 0 Å². The number of carbonyl (C=O) groups excluding carboxylic acids is 1. The highest BCUT2D eigenvalue weighted by atomic mass is 16.3. The van der Waals surface area contributed by atoms with Crippen LogP contribution in [-0.4, -0.2) is 33.1 Å². The number of nitrogens with one attached hydrogen (secondary N) is 1. The van der Waals surface area contributed by atoms with E-state index in [-0.39, 0.29) is 34.9 Å². The fourth-order valence-electron chi connectivity index (χ4n) is 4.18. The zero-order valence-corrected chi connectivity index (χ0v) is 32.5. The van der Waals surface area contributed by atoms with E-state index in [2.05, 4.69) is 43.4 Å². The van der Waals surface area contributed by atoms with Crippen LogP contribution in [0.2, 0.25) is 0 Å². The number of hydrogen-bond donors (Lipinski definition) is 4. The number of benzene rings is 4. The highest BCUT2D eigenvalue weighted by Crippen LogP contribution is 2.33. The molecule has 0 heterocycles. The lowest BCUT2D eigenvalue weighted by Crippen LogP contribution is -2.36. The van der Waals surface area contributed by atoms with Gasteiger partial charge in [0.1, 0.15) is 11.5 Å². The van der Waals surface area contributed by atoms with Crippen molar-refractivity contribution in [3.05, 3.63) is 131 Å². The minimum atomic E-state index is -0.242. The number of amides is 1.